The summed E-state index contributed by atoms with van der Waals surface area (Å²) in [5.41, 5.74) is 12.1. The van der Waals surface area contributed by atoms with Crippen LogP contribution in [0, 0.1) is 6.92 Å². The number of hydrogen-bond donors (Lipinski definition) is 2. The highest BCUT2D eigenvalue weighted by Gasteiger charge is 2.47. The van der Waals surface area contributed by atoms with Crippen LogP contribution in [-0.4, -0.2) is 66.7 Å². The van der Waals surface area contributed by atoms with E-state index in [1.165, 1.54) is 0 Å². The maximum Gasteiger partial charge on any atom is 0.254 e. The molecule has 2 aliphatic heterocycles. The highest BCUT2D eigenvalue weighted by molar-refractivity contribution is 5.96. The van der Waals surface area contributed by atoms with Gasteiger partial charge in [-0.2, -0.15) is 0 Å². The fourth-order valence-electron chi connectivity index (χ4n) is 6.31. The Morgan fingerprint density at radius 2 is 2.05 bits per heavy atom. The van der Waals surface area contributed by atoms with E-state index in [1.54, 1.807) is 7.11 Å². The SMILES string of the molecule is CCc1ccc2cc(-c3nc4cc(C(=O)N5[C@H]6CC[C@@H]5[C@H](N)C6)cc(OC)n4c3C)n(CCCO)c2n1. The molecule has 0 aliphatic carbocycles. The van der Waals surface area contributed by atoms with Crippen molar-refractivity contribution < 1.29 is 14.6 Å². The van der Waals surface area contributed by atoms with Crippen molar-refractivity contribution in [2.75, 3.05) is 13.7 Å². The first-order valence-corrected chi connectivity index (χ1v) is 13.2. The molecule has 9 heteroatoms. The molecule has 0 saturated carbocycles. The van der Waals surface area contributed by atoms with Crippen molar-refractivity contribution in [1.29, 1.82) is 0 Å². The maximum atomic E-state index is 13.6. The summed E-state index contributed by atoms with van der Waals surface area (Å²) in [6.07, 6.45) is 4.32. The number of nitrogens with two attached hydrogens (primary N) is 1. The van der Waals surface area contributed by atoms with Crippen molar-refractivity contribution in [3.8, 4) is 17.3 Å². The van der Waals surface area contributed by atoms with Gasteiger partial charge in [0.1, 0.15) is 17.0 Å². The minimum absolute atomic E-state index is 0.00296. The number of carbonyl (C=O) groups excluding carboxylic acids is 1. The number of aliphatic hydroxyl groups excluding tert-OH is 1. The molecule has 2 aliphatic rings. The zero-order valence-corrected chi connectivity index (χ0v) is 21.6. The predicted molar refractivity (Wildman–Crippen MR) is 142 cm³/mol. The first-order chi connectivity index (χ1) is 17.9. The van der Waals surface area contributed by atoms with Gasteiger partial charge in [0.15, 0.2) is 5.88 Å². The minimum Gasteiger partial charge on any atom is -0.482 e. The lowest BCUT2D eigenvalue weighted by atomic mass is 9.97. The number of aryl methyl sites for hydroxylation is 3. The van der Waals surface area contributed by atoms with E-state index < -0.39 is 0 Å². The van der Waals surface area contributed by atoms with Gasteiger partial charge in [-0.15, -0.1) is 0 Å². The smallest absolute Gasteiger partial charge is 0.254 e. The molecular weight excluding hydrogens is 468 g/mol. The minimum atomic E-state index is -0.00296. The number of nitrogens with zero attached hydrogens (tertiary/aromatic N) is 5. The van der Waals surface area contributed by atoms with E-state index in [-0.39, 0.29) is 30.6 Å². The summed E-state index contributed by atoms with van der Waals surface area (Å²) in [7, 11) is 1.62. The van der Waals surface area contributed by atoms with E-state index in [9.17, 15) is 9.90 Å². The van der Waals surface area contributed by atoms with Crippen molar-refractivity contribution in [3.63, 3.8) is 0 Å². The van der Waals surface area contributed by atoms with Crippen molar-refractivity contribution in [1.82, 2.24) is 23.8 Å². The molecule has 2 fully saturated rings. The molecule has 4 aromatic rings. The van der Waals surface area contributed by atoms with Gasteiger partial charge in [0.25, 0.3) is 5.91 Å². The molecule has 0 radical (unpaired) electrons. The topological polar surface area (TPSA) is 111 Å². The summed E-state index contributed by atoms with van der Waals surface area (Å²) in [6, 6.07) is 10.3. The van der Waals surface area contributed by atoms with Crippen LogP contribution in [0.15, 0.2) is 30.3 Å². The Hall–Kier alpha value is -3.43. The first-order valence-electron chi connectivity index (χ1n) is 13.2. The normalized spacial score (nSPS) is 21.0. The molecule has 0 aromatic carbocycles. The Morgan fingerprint density at radius 3 is 2.73 bits per heavy atom. The molecule has 4 aromatic heterocycles. The fraction of sp³-hybridized carbons (Fsp3) is 0.464. The molecule has 6 rings (SSSR count). The Labute approximate surface area is 215 Å². The van der Waals surface area contributed by atoms with E-state index in [2.05, 4.69) is 29.7 Å². The third-order valence-electron chi connectivity index (χ3n) is 8.14. The molecule has 9 nitrogen and oxygen atoms in total. The summed E-state index contributed by atoms with van der Waals surface area (Å²) < 4.78 is 9.86. The number of carbonyl (C=O) groups is 1. The Kier molecular flexibility index (Phi) is 5.92. The number of amides is 1. The molecule has 0 spiro atoms. The Balaban J connectivity index is 1.48. The summed E-state index contributed by atoms with van der Waals surface area (Å²) in [5, 5.41) is 10.6. The molecule has 2 bridgehead atoms. The van der Waals surface area contributed by atoms with Crippen LogP contribution in [0.25, 0.3) is 28.1 Å². The lowest BCUT2D eigenvalue weighted by molar-refractivity contribution is 0.0726. The number of ether oxygens (including phenoxy) is 1. The molecular formula is C28H34N6O3. The molecule has 0 unspecified atom stereocenters. The van der Waals surface area contributed by atoms with Gasteiger partial charge < -0.3 is 25.0 Å². The van der Waals surface area contributed by atoms with Crippen molar-refractivity contribution in [2.45, 2.75) is 70.6 Å². The number of rotatable bonds is 7. The van der Waals surface area contributed by atoms with Crippen LogP contribution >= 0.6 is 0 Å². The van der Waals surface area contributed by atoms with E-state index in [1.807, 2.05) is 28.4 Å². The maximum absolute atomic E-state index is 13.6. The van der Waals surface area contributed by atoms with E-state index in [0.29, 0.717) is 30.1 Å². The lowest BCUT2D eigenvalue weighted by Gasteiger charge is -2.23. The molecule has 194 valence electrons. The zero-order chi connectivity index (χ0) is 25.8. The van der Waals surface area contributed by atoms with Crippen LogP contribution in [0.4, 0.5) is 0 Å². The summed E-state index contributed by atoms with van der Waals surface area (Å²) in [4.78, 5) is 25.5. The van der Waals surface area contributed by atoms with Crippen LogP contribution in [0.5, 0.6) is 5.88 Å². The third kappa shape index (κ3) is 3.71. The Bertz CT molecular complexity index is 1510. The molecule has 6 heterocycles. The van der Waals surface area contributed by atoms with E-state index >= 15 is 0 Å². The Morgan fingerprint density at radius 1 is 1.22 bits per heavy atom. The van der Waals surface area contributed by atoms with Gasteiger partial charge in [-0.05, 0) is 63.3 Å². The molecule has 2 saturated heterocycles. The van der Waals surface area contributed by atoms with Gasteiger partial charge >= 0.3 is 0 Å². The van der Waals surface area contributed by atoms with Crippen LogP contribution in [0.3, 0.4) is 0 Å². The first kappa shape index (κ1) is 23.9. The lowest BCUT2D eigenvalue weighted by Crippen LogP contribution is -2.40. The van der Waals surface area contributed by atoms with Crippen LogP contribution in [0.2, 0.25) is 0 Å². The number of imidazole rings is 1. The number of hydrogen-bond acceptors (Lipinski definition) is 6. The van der Waals surface area contributed by atoms with Gasteiger partial charge in [-0.3, -0.25) is 9.20 Å². The van der Waals surface area contributed by atoms with Crippen LogP contribution in [-0.2, 0) is 13.0 Å². The fourth-order valence-corrected chi connectivity index (χ4v) is 6.31. The largest absolute Gasteiger partial charge is 0.482 e. The second-order valence-corrected chi connectivity index (χ2v) is 10.3. The second-order valence-electron chi connectivity index (χ2n) is 10.3. The molecule has 1 amide bonds. The van der Waals surface area contributed by atoms with Gasteiger partial charge in [-0.1, -0.05) is 6.92 Å². The third-order valence-corrected chi connectivity index (χ3v) is 8.14. The van der Waals surface area contributed by atoms with Gasteiger partial charge in [0.05, 0.1) is 18.5 Å². The number of fused-ring (bicyclic) bond motifs is 4. The van der Waals surface area contributed by atoms with E-state index in [0.717, 1.165) is 59.5 Å². The highest BCUT2D eigenvalue weighted by atomic mass is 16.5. The van der Waals surface area contributed by atoms with Crippen molar-refractivity contribution in [3.05, 3.63) is 47.3 Å². The summed E-state index contributed by atoms with van der Waals surface area (Å²) >= 11 is 0. The van der Waals surface area contributed by atoms with Gasteiger partial charge in [0, 0.05) is 54.0 Å². The quantitative estimate of drug-likeness (QED) is 0.401. The van der Waals surface area contributed by atoms with Crippen LogP contribution < -0.4 is 10.5 Å². The average Bonchev–Trinajstić information content (AvgIpc) is 3.65. The van der Waals surface area contributed by atoms with E-state index in [4.69, 9.17) is 20.4 Å². The number of pyridine rings is 2. The second kappa shape index (κ2) is 9.15. The summed E-state index contributed by atoms with van der Waals surface area (Å²) in [5.74, 6) is 0.564. The van der Waals surface area contributed by atoms with Gasteiger partial charge in [-0.25, -0.2) is 9.97 Å². The van der Waals surface area contributed by atoms with Gasteiger partial charge in [0.2, 0.25) is 0 Å². The zero-order valence-electron chi connectivity index (χ0n) is 21.6. The number of methoxy groups -OCH3 is 1. The number of aliphatic hydroxyl groups is 1. The monoisotopic (exact) mass is 502 g/mol. The predicted octanol–water partition coefficient (Wildman–Crippen LogP) is 3.32. The molecule has 3 N–H and O–H groups in total. The summed E-state index contributed by atoms with van der Waals surface area (Å²) in [6.45, 7) is 4.83. The van der Waals surface area contributed by atoms with Crippen molar-refractivity contribution in [2.24, 2.45) is 5.73 Å². The molecule has 3 atom stereocenters. The van der Waals surface area contributed by atoms with Crippen molar-refractivity contribution >= 4 is 22.6 Å². The highest BCUT2D eigenvalue weighted by Crippen LogP contribution is 2.39. The molecule has 37 heavy (non-hydrogen) atoms. The van der Waals surface area contributed by atoms with Crippen LogP contribution in [0.1, 0.15) is 54.4 Å². The average molecular weight is 503 g/mol. The number of aromatic nitrogens is 4. The standard InChI is InChI=1S/C28H34N6O3/c1-4-19-7-6-17-12-23(32(10-5-11-35)27(17)30-19)26-16(2)33-24(31-26)13-18(14-25(33)37-3)28(36)34-20-8-9-22(34)21(29)15-20/h6-7,12-14,20-22,35H,4-5,8-11,15,29H2,1-3H3/t20-,21+,22+/m0/s1.